The third kappa shape index (κ3) is 4.49. The Morgan fingerprint density at radius 3 is 2.25 bits per heavy atom. The molecular weight excluding hydrogens is 378 g/mol. The highest BCUT2D eigenvalue weighted by Gasteiger charge is 2.45. The molecule has 1 saturated carbocycles. The highest BCUT2D eigenvalue weighted by molar-refractivity contribution is 5.87. The molecule has 4 nitrogen and oxygen atoms in total. The first-order valence-corrected chi connectivity index (χ1v) is 8.56. The van der Waals surface area contributed by atoms with Crippen molar-refractivity contribution in [1.82, 2.24) is 5.32 Å². The van der Waals surface area contributed by atoms with Crippen molar-refractivity contribution in [3.8, 4) is 0 Å². The summed E-state index contributed by atoms with van der Waals surface area (Å²) in [6, 6.07) is 8.30. The zero-order valence-corrected chi connectivity index (χ0v) is 14.6. The Morgan fingerprint density at radius 2 is 1.71 bits per heavy atom. The molecule has 0 spiro atoms. The van der Waals surface area contributed by atoms with Gasteiger partial charge in [0.2, 0.25) is 5.91 Å². The number of alkyl halides is 3. The lowest BCUT2D eigenvalue weighted by molar-refractivity contribution is -0.137. The molecule has 0 aliphatic heterocycles. The van der Waals surface area contributed by atoms with Crippen molar-refractivity contribution in [2.75, 3.05) is 6.54 Å². The van der Waals surface area contributed by atoms with E-state index in [4.69, 9.17) is 5.11 Å². The van der Waals surface area contributed by atoms with Crippen LogP contribution in [0, 0.1) is 5.82 Å². The quantitative estimate of drug-likeness (QED) is 0.729. The van der Waals surface area contributed by atoms with E-state index in [-0.39, 0.29) is 30.0 Å². The van der Waals surface area contributed by atoms with Crippen molar-refractivity contribution < 1.29 is 32.3 Å². The predicted molar refractivity (Wildman–Crippen MR) is 92.4 cm³/mol. The van der Waals surface area contributed by atoms with Crippen LogP contribution in [0.25, 0.3) is 0 Å². The highest BCUT2D eigenvalue weighted by atomic mass is 19.4. The van der Waals surface area contributed by atoms with E-state index in [1.807, 2.05) is 0 Å². The Morgan fingerprint density at radius 1 is 1.07 bits per heavy atom. The molecule has 28 heavy (non-hydrogen) atoms. The lowest BCUT2D eigenvalue weighted by atomic mass is 9.93. The summed E-state index contributed by atoms with van der Waals surface area (Å²) >= 11 is 0. The van der Waals surface area contributed by atoms with Crippen LogP contribution in [-0.2, 0) is 22.8 Å². The molecule has 1 aliphatic rings. The maximum atomic E-state index is 13.7. The van der Waals surface area contributed by atoms with Crippen molar-refractivity contribution in [2.45, 2.75) is 30.9 Å². The molecule has 0 bridgehead atoms. The zero-order valence-electron chi connectivity index (χ0n) is 14.6. The number of hydrogen-bond acceptors (Lipinski definition) is 2. The van der Waals surface area contributed by atoms with Crippen LogP contribution in [0.1, 0.15) is 39.9 Å². The molecule has 1 amide bonds. The van der Waals surface area contributed by atoms with Gasteiger partial charge >= 0.3 is 12.1 Å². The van der Waals surface area contributed by atoms with Gasteiger partial charge < -0.3 is 10.4 Å². The SMILES string of the molecule is O=C(Cc1ccc(C(=O)O)cc1)NCC1(c2cc(F)cc(C(F)(F)F)c2)CC1. The van der Waals surface area contributed by atoms with Gasteiger partial charge in [-0.15, -0.1) is 0 Å². The number of aromatic carboxylic acids is 1. The summed E-state index contributed by atoms with van der Waals surface area (Å²) < 4.78 is 52.4. The standard InChI is InChI=1S/C20H17F4NO3/c21-16-9-14(8-15(10-16)20(22,23)24)19(5-6-19)11-25-17(26)7-12-1-3-13(4-2-12)18(27)28/h1-4,8-10H,5-7,11H2,(H,25,26)(H,27,28). The molecule has 0 aromatic heterocycles. The largest absolute Gasteiger partial charge is 0.478 e. The molecule has 8 heteroatoms. The number of carboxylic acid groups (broad SMARTS) is 1. The minimum atomic E-state index is -4.64. The van der Waals surface area contributed by atoms with Crippen LogP contribution < -0.4 is 5.32 Å². The number of carboxylic acids is 1. The maximum Gasteiger partial charge on any atom is 0.416 e. The van der Waals surface area contributed by atoms with Crippen molar-refractivity contribution in [3.63, 3.8) is 0 Å². The molecule has 2 aromatic rings. The van der Waals surface area contributed by atoms with Crippen LogP contribution in [-0.4, -0.2) is 23.5 Å². The summed E-state index contributed by atoms with van der Waals surface area (Å²) in [4.78, 5) is 23.0. The molecule has 0 unspecified atom stereocenters. The Balaban J connectivity index is 1.65. The van der Waals surface area contributed by atoms with Gasteiger partial charge in [0.1, 0.15) is 5.82 Å². The van der Waals surface area contributed by atoms with E-state index in [1.165, 1.54) is 24.3 Å². The second-order valence-electron chi connectivity index (χ2n) is 6.96. The van der Waals surface area contributed by atoms with E-state index in [2.05, 4.69) is 5.32 Å². The van der Waals surface area contributed by atoms with Crippen LogP contribution in [0.15, 0.2) is 42.5 Å². The monoisotopic (exact) mass is 395 g/mol. The van der Waals surface area contributed by atoms with Crippen LogP contribution in [0.4, 0.5) is 17.6 Å². The van der Waals surface area contributed by atoms with E-state index >= 15 is 0 Å². The first kappa shape index (κ1) is 19.9. The van der Waals surface area contributed by atoms with Crippen LogP contribution in [0.3, 0.4) is 0 Å². The van der Waals surface area contributed by atoms with Gasteiger partial charge in [-0.25, -0.2) is 9.18 Å². The molecule has 1 aliphatic carbocycles. The fraction of sp³-hybridized carbons (Fsp3) is 0.300. The summed E-state index contributed by atoms with van der Waals surface area (Å²) in [6.45, 7) is 0.111. The second kappa shape index (κ2) is 7.26. The molecule has 2 aromatic carbocycles. The summed E-state index contributed by atoms with van der Waals surface area (Å²) in [5, 5.41) is 11.5. The third-order valence-electron chi connectivity index (χ3n) is 4.88. The Bertz CT molecular complexity index is 903. The van der Waals surface area contributed by atoms with Gasteiger partial charge in [-0.2, -0.15) is 13.2 Å². The van der Waals surface area contributed by atoms with Gasteiger partial charge in [0.15, 0.2) is 0 Å². The summed E-state index contributed by atoms with van der Waals surface area (Å²) in [6.07, 6.45) is -3.52. The number of carbonyl (C=O) groups excluding carboxylic acids is 1. The fourth-order valence-corrected chi connectivity index (χ4v) is 3.06. The fourth-order valence-electron chi connectivity index (χ4n) is 3.06. The second-order valence-corrected chi connectivity index (χ2v) is 6.96. The molecule has 0 heterocycles. The third-order valence-corrected chi connectivity index (χ3v) is 4.88. The number of halogens is 4. The number of carbonyl (C=O) groups is 2. The van der Waals surface area contributed by atoms with Crippen LogP contribution in [0.5, 0.6) is 0 Å². The van der Waals surface area contributed by atoms with Gasteiger partial charge in [0.25, 0.3) is 0 Å². The van der Waals surface area contributed by atoms with Gasteiger partial charge in [0.05, 0.1) is 17.5 Å². The van der Waals surface area contributed by atoms with E-state index in [0.29, 0.717) is 24.5 Å². The van der Waals surface area contributed by atoms with E-state index in [9.17, 15) is 27.2 Å². The first-order valence-electron chi connectivity index (χ1n) is 8.56. The molecule has 3 rings (SSSR count). The van der Waals surface area contributed by atoms with E-state index in [1.54, 1.807) is 0 Å². The number of nitrogens with one attached hydrogen (secondary N) is 1. The van der Waals surface area contributed by atoms with Crippen molar-refractivity contribution >= 4 is 11.9 Å². The number of hydrogen-bond donors (Lipinski definition) is 2. The lowest BCUT2D eigenvalue weighted by Crippen LogP contribution is -2.33. The molecule has 2 N–H and O–H groups in total. The minimum absolute atomic E-state index is 0.00688. The number of rotatable bonds is 6. The smallest absolute Gasteiger partial charge is 0.416 e. The lowest BCUT2D eigenvalue weighted by Gasteiger charge is -2.19. The van der Waals surface area contributed by atoms with Gasteiger partial charge in [-0.05, 0) is 54.3 Å². The normalized spacial score (nSPS) is 15.1. The topological polar surface area (TPSA) is 66.4 Å². The van der Waals surface area contributed by atoms with Gasteiger partial charge in [-0.1, -0.05) is 12.1 Å². The van der Waals surface area contributed by atoms with Crippen LogP contribution in [0.2, 0.25) is 0 Å². The molecule has 148 valence electrons. The van der Waals surface area contributed by atoms with Gasteiger partial charge in [0, 0.05) is 12.0 Å². The van der Waals surface area contributed by atoms with Crippen molar-refractivity contribution in [1.29, 1.82) is 0 Å². The molecule has 1 fully saturated rings. The first-order chi connectivity index (χ1) is 13.1. The highest BCUT2D eigenvalue weighted by Crippen LogP contribution is 2.48. The van der Waals surface area contributed by atoms with Gasteiger partial charge in [-0.3, -0.25) is 4.79 Å². The summed E-state index contributed by atoms with van der Waals surface area (Å²) in [5.41, 5.74) is -0.792. The Labute approximate surface area is 158 Å². The molecule has 0 saturated heterocycles. The summed E-state index contributed by atoms with van der Waals surface area (Å²) in [7, 11) is 0. The number of benzene rings is 2. The zero-order chi connectivity index (χ0) is 20.5. The average molecular weight is 395 g/mol. The number of amides is 1. The Hall–Kier alpha value is -2.90. The van der Waals surface area contributed by atoms with Crippen molar-refractivity contribution in [2.24, 2.45) is 0 Å². The Kier molecular flexibility index (Phi) is 5.14. The van der Waals surface area contributed by atoms with Crippen molar-refractivity contribution in [3.05, 3.63) is 70.5 Å². The van der Waals surface area contributed by atoms with E-state index in [0.717, 1.165) is 12.1 Å². The van der Waals surface area contributed by atoms with E-state index < -0.39 is 28.9 Å². The maximum absolute atomic E-state index is 13.7. The summed E-state index contributed by atoms with van der Waals surface area (Å²) in [5.74, 6) is -2.37. The van der Waals surface area contributed by atoms with Crippen LogP contribution >= 0.6 is 0 Å². The molecular formula is C20H17F4NO3. The average Bonchev–Trinajstić information content (AvgIpc) is 3.40. The molecule has 0 atom stereocenters. The predicted octanol–water partition coefficient (Wildman–Crippen LogP) is 3.93. The minimum Gasteiger partial charge on any atom is -0.478 e. The molecule has 0 radical (unpaired) electrons.